The molecule has 1 aliphatic heterocycles. The van der Waals surface area contributed by atoms with Crippen LogP contribution >= 0.6 is 11.3 Å². The van der Waals surface area contributed by atoms with Gasteiger partial charge in [-0.25, -0.2) is 0 Å². The average molecular weight is 279 g/mol. The lowest BCUT2D eigenvalue weighted by Gasteiger charge is -2.18. The number of nitrogens with one attached hydrogen (secondary N) is 1. The predicted octanol–water partition coefficient (Wildman–Crippen LogP) is 2.46. The van der Waals surface area contributed by atoms with Crippen molar-refractivity contribution in [2.24, 2.45) is 0 Å². The number of rotatable bonds is 5. The number of ether oxygens (including phenoxy) is 1. The molecule has 6 heteroatoms. The van der Waals surface area contributed by atoms with E-state index in [-0.39, 0.29) is 0 Å². The Kier molecular flexibility index (Phi) is 3.91. The molecule has 0 aromatic carbocycles. The summed E-state index contributed by atoms with van der Waals surface area (Å²) in [6.45, 7) is 3.59. The van der Waals surface area contributed by atoms with Crippen molar-refractivity contribution < 1.29 is 9.15 Å². The maximum absolute atomic E-state index is 5.64. The SMILES string of the molecule is CC(NCc1nnc(-c2cccs2)o1)C1CCCO1. The van der Waals surface area contributed by atoms with E-state index in [4.69, 9.17) is 9.15 Å². The van der Waals surface area contributed by atoms with Gasteiger partial charge in [0, 0.05) is 12.6 Å². The van der Waals surface area contributed by atoms with E-state index in [1.807, 2.05) is 17.5 Å². The number of aromatic nitrogens is 2. The summed E-state index contributed by atoms with van der Waals surface area (Å²) in [6.07, 6.45) is 2.58. The van der Waals surface area contributed by atoms with E-state index >= 15 is 0 Å². The largest absolute Gasteiger partial charge is 0.419 e. The maximum Gasteiger partial charge on any atom is 0.257 e. The Morgan fingerprint density at radius 1 is 1.53 bits per heavy atom. The van der Waals surface area contributed by atoms with Gasteiger partial charge >= 0.3 is 0 Å². The minimum absolute atomic E-state index is 0.305. The van der Waals surface area contributed by atoms with Crippen LogP contribution in [0.3, 0.4) is 0 Å². The molecule has 102 valence electrons. The molecule has 1 saturated heterocycles. The Labute approximate surface area is 116 Å². The van der Waals surface area contributed by atoms with Crippen LogP contribution in [0.5, 0.6) is 0 Å². The highest BCUT2D eigenvalue weighted by molar-refractivity contribution is 7.13. The van der Waals surface area contributed by atoms with Gasteiger partial charge in [-0.2, -0.15) is 0 Å². The van der Waals surface area contributed by atoms with E-state index in [0.29, 0.717) is 30.5 Å². The van der Waals surface area contributed by atoms with Crippen LogP contribution in [0.25, 0.3) is 10.8 Å². The minimum Gasteiger partial charge on any atom is -0.419 e. The van der Waals surface area contributed by atoms with E-state index in [2.05, 4.69) is 22.4 Å². The van der Waals surface area contributed by atoms with Crippen LogP contribution in [0.4, 0.5) is 0 Å². The second-order valence-corrected chi connectivity index (χ2v) is 5.65. The third-order valence-electron chi connectivity index (χ3n) is 3.30. The Bertz CT molecular complexity index is 506. The van der Waals surface area contributed by atoms with Crippen molar-refractivity contribution in [3.8, 4) is 10.8 Å². The molecule has 3 heterocycles. The molecule has 19 heavy (non-hydrogen) atoms. The maximum atomic E-state index is 5.64. The van der Waals surface area contributed by atoms with Gasteiger partial charge in [-0.05, 0) is 31.2 Å². The molecule has 3 rings (SSSR count). The quantitative estimate of drug-likeness (QED) is 0.911. The van der Waals surface area contributed by atoms with Crippen molar-refractivity contribution in [2.45, 2.75) is 38.5 Å². The van der Waals surface area contributed by atoms with Crippen LogP contribution in [0.2, 0.25) is 0 Å². The summed E-state index contributed by atoms with van der Waals surface area (Å²) >= 11 is 1.60. The highest BCUT2D eigenvalue weighted by atomic mass is 32.1. The van der Waals surface area contributed by atoms with E-state index in [0.717, 1.165) is 24.3 Å². The summed E-state index contributed by atoms with van der Waals surface area (Å²) in [6, 6.07) is 4.26. The summed E-state index contributed by atoms with van der Waals surface area (Å²) in [5.74, 6) is 1.21. The fraction of sp³-hybridized carbons (Fsp3) is 0.538. The first kappa shape index (κ1) is 12.8. The van der Waals surface area contributed by atoms with Gasteiger partial charge in [0.05, 0.1) is 17.5 Å². The van der Waals surface area contributed by atoms with Gasteiger partial charge in [-0.1, -0.05) is 6.07 Å². The standard InChI is InChI=1S/C13H17N3O2S/c1-9(10-4-2-6-17-10)14-8-12-15-16-13(18-12)11-5-3-7-19-11/h3,5,7,9-10,14H,2,4,6,8H2,1H3. The molecule has 1 fully saturated rings. The van der Waals surface area contributed by atoms with E-state index in [9.17, 15) is 0 Å². The van der Waals surface area contributed by atoms with Crippen LogP contribution in [-0.4, -0.2) is 29.0 Å². The number of hydrogen-bond acceptors (Lipinski definition) is 6. The minimum atomic E-state index is 0.305. The molecule has 0 spiro atoms. The molecule has 0 bridgehead atoms. The lowest BCUT2D eigenvalue weighted by atomic mass is 10.1. The molecule has 2 atom stereocenters. The molecule has 2 unspecified atom stereocenters. The third-order valence-corrected chi connectivity index (χ3v) is 4.15. The number of hydrogen-bond donors (Lipinski definition) is 1. The Balaban J connectivity index is 1.55. The first-order chi connectivity index (χ1) is 9.33. The van der Waals surface area contributed by atoms with Gasteiger partial charge in [0.25, 0.3) is 5.89 Å². The Hall–Kier alpha value is -1.24. The molecule has 1 aliphatic rings. The Morgan fingerprint density at radius 2 is 2.47 bits per heavy atom. The van der Waals surface area contributed by atoms with Gasteiger partial charge in [0.2, 0.25) is 5.89 Å². The molecule has 5 nitrogen and oxygen atoms in total. The molecule has 0 amide bonds. The fourth-order valence-electron chi connectivity index (χ4n) is 2.20. The van der Waals surface area contributed by atoms with Crippen LogP contribution in [0.15, 0.2) is 21.9 Å². The van der Waals surface area contributed by atoms with Crippen molar-refractivity contribution in [3.63, 3.8) is 0 Å². The highest BCUT2D eigenvalue weighted by Crippen LogP contribution is 2.23. The molecule has 1 N–H and O–H groups in total. The second kappa shape index (κ2) is 5.81. The van der Waals surface area contributed by atoms with Gasteiger partial charge in [-0.15, -0.1) is 21.5 Å². The first-order valence-corrected chi connectivity index (χ1v) is 7.42. The van der Waals surface area contributed by atoms with Gasteiger partial charge in [-0.3, -0.25) is 0 Å². The number of thiophene rings is 1. The molecule has 0 radical (unpaired) electrons. The molecule has 2 aromatic heterocycles. The van der Waals surface area contributed by atoms with Gasteiger partial charge < -0.3 is 14.5 Å². The van der Waals surface area contributed by atoms with Crippen LogP contribution in [0.1, 0.15) is 25.7 Å². The second-order valence-electron chi connectivity index (χ2n) is 4.70. The summed E-state index contributed by atoms with van der Waals surface area (Å²) in [7, 11) is 0. The highest BCUT2D eigenvalue weighted by Gasteiger charge is 2.22. The smallest absolute Gasteiger partial charge is 0.257 e. The van der Waals surface area contributed by atoms with Gasteiger partial charge in [0.15, 0.2) is 0 Å². The zero-order valence-electron chi connectivity index (χ0n) is 10.8. The zero-order chi connectivity index (χ0) is 13.1. The van der Waals surface area contributed by atoms with Crippen molar-refractivity contribution in [1.82, 2.24) is 15.5 Å². The van der Waals surface area contributed by atoms with Crippen molar-refractivity contribution in [1.29, 1.82) is 0 Å². The van der Waals surface area contributed by atoms with Crippen molar-refractivity contribution in [2.75, 3.05) is 6.61 Å². The first-order valence-electron chi connectivity index (χ1n) is 6.54. The van der Waals surface area contributed by atoms with Crippen molar-refractivity contribution in [3.05, 3.63) is 23.4 Å². The van der Waals surface area contributed by atoms with Crippen LogP contribution < -0.4 is 5.32 Å². The predicted molar refractivity (Wildman–Crippen MR) is 72.9 cm³/mol. The summed E-state index contributed by atoms with van der Waals surface area (Å²) in [5.41, 5.74) is 0. The van der Waals surface area contributed by atoms with Crippen molar-refractivity contribution >= 4 is 11.3 Å². The topological polar surface area (TPSA) is 60.2 Å². The summed E-state index contributed by atoms with van der Waals surface area (Å²) in [5, 5.41) is 13.5. The molecule has 0 aliphatic carbocycles. The van der Waals surface area contributed by atoms with Gasteiger partial charge in [0.1, 0.15) is 0 Å². The van der Waals surface area contributed by atoms with Crippen LogP contribution in [-0.2, 0) is 11.3 Å². The Morgan fingerprint density at radius 3 is 3.21 bits per heavy atom. The third kappa shape index (κ3) is 3.02. The summed E-state index contributed by atoms with van der Waals surface area (Å²) in [4.78, 5) is 1.01. The molecular weight excluding hydrogens is 262 g/mol. The molecular formula is C13H17N3O2S. The van der Waals surface area contributed by atoms with E-state index < -0.39 is 0 Å². The zero-order valence-corrected chi connectivity index (χ0v) is 11.7. The summed E-state index contributed by atoms with van der Waals surface area (Å²) < 4.78 is 11.3. The van der Waals surface area contributed by atoms with Crippen LogP contribution in [0, 0.1) is 0 Å². The lowest BCUT2D eigenvalue weighted by molar-refractivity contribution is 0.0824. The molecule has 2 aromatic rings. The van der Waals surface area contributed by atoms with E-state index in [1.54, 1.807) is 11.3 Å². The normalized spacial score (nSPS) is 20.8. The van der Waals surface area contributed by atoms with E-state index in [1.165, 1.54) is 0 Å². The monoisotopic (exact) mass is 279 g/mol. The fourth-order valence-corrected chi connectivity index (χ4v) is 2.85. The number of nitrogens with zero attached hydrogens (tertiary/aromatic N) is 2. The average Bonchev–Trinajstić information content (AvgIpc) is 3.14. The lowest BCUT2D eigenvalue weighted by Crippen LogP contribution is -2.36. The molecule has 0 saturated carbocycles.